The highest BCUT2D eigenvalue weighted by Crippen LogP contribution is 2.34. The highest BCUT2D eigenvalue weighted by Gasteiger charge is 2.24. The second-order valence-corrected chi connectivity index (χ2v) is 7.87. The average molecular weight is 379 g/mol. The summed E-state index contributed by atoms with van der Waals surface area (Å²) in [5.41, 5.74) is 1.40. The number of halogens is 1. The van der Waals surface area contributed by atoms with Crippen LogP contribution in [0, 0.1) is 0 Å². The molecule has 1 aromatic carbocycles. The van der Waals surface area contributed by atoms with Gasteiger partial charge >= 0.3 is 0 Å². The molecule has 0 radical (unpaired) electrons. The van der Waals surface area contributed by atoms with Crippen LogP contribution in [0.2, 0.25) is 0 Å². The van der Waals surface area contributed by atoms with E-state index in [0.29, 0.717) is 6.04 Å². The number of hydrogen-bond donors (Lipinski definition) is 1. The van der Waals surface area contributed by atoms with Gasteiger partial charge in [0.05, 0.1) is 6.04 Å². The number of nitrogens with zero attached hydrogens (tertiary/aromatic N) is 1. The first kappa shape index (κ1) is 16.2. The van der Waals surface area contributed by atoms with Crippen LogP contribution in [0.1, 0.15) is 34.7 Å². The molecule has 0 bridgehead atoms. The molecule has 1 aliphatic heterocycles. The van der Waals surface area contributed by atoms with Gasteiger partial charge in [-0.3, -0.25) is 4.90 Å². The second kappa shape index (κ2) is 7.73. The van der Waals surface area contributed by atoms with Gasteiger partial charge in [0, 0.05) is 33.9 Å². The van der Waals surface area contributed by atoms with Crippen LogP contribution in [-0.2, 0) is 6.42 Å². The van der Waals surface area contributed by atoms with Crippen LogP contribution < -0.4 is 5.32 Å². The van der Waals surface area contributed by atoms with Crippen molar-refractivity contribution in [2.24, 2.45) is 0 Å². The highest BCUT2D eigenvalue weighted by molar-refractivity contribution is 9.10. The van der Waals surface area contributed by atoms with E-state index >= 15 is 0 Å². The van der Waals surface area contributed by atoms with Crippen molar-refractivity contribution >= 4 is 27.3 Å². The minimum absolute atomic E-state index is 0.387. The lowest BCUT2D eigenvalue weighted by atomic mass is 10.0. The zero-order valence-corrected chi connectivity index (χ0v) is 15.4. The molecule has 118 valence electrons. The van der Waals surface area contributed by atoms with Crippen molar-refractivity contribution < 1.29 is 0 Å². The van der Waals surface area contributed by atoms with E-state index in [-0.39, 0.29) is 0 Å². The molecule has 1 aliphatic rings. The Labute approximate surface area is 145 Å². The summed E-state index contributed by atoms with van der Waals surface area (Å²) in [7, 11) is 0. The van der Waals surface area contributed by atoms with Crippen molar-refractivity contribution in [1.29, 1.82) is 0 Å². The highest BCUT2D eigenvalue weighted by atomic mass is 79.9. The molecule has 4 heteroatoms. The van der Waals surface area contributed by atoms with Gasteiger partial charge in [-0.25, -0.2) is 0 Å². The van der Waals surface area contributed by atoms with E-state index in [0.717, 1.165) is 37.1 Å². The fourth-order valence-corrected chi connectivity index (χ4v) is 4.44. The van der Waals surface area contributed by atoms with Crippen LogP contribution in [-0.4, -0.2) is 31.1 Å². The Morgan fingerprint density at radius 2 is 1.95 bits per heavy atom. The van der Waals surface area contributed by atoms with Gasteiger partial charge < -0.3 is 5.32 Å². The Morgan fingerprint density at radius 3 is 2.68 bits per heavy atom. The number of thiophene rings is 1. The SMILES string of the molecule is CCc1ccc(C(c2ccc(Br)cc2)N2CCCNCC2)s1. The van der Waals surface area contributed by atoms with Gasteiger partial charge in [-0.2, -0.15) is 0 Å². The predicted octanol–water partition coefficient (Wildman–Crippen LogP) is 4.46. The van der Waals surface area contributed by atoms with Crippen molar-refractivity contribution in [2.45, 2.75) is 25.8 Å². The minimum atomic E-state index is 0.387. The number of rotatable bonds is 4. The standard InChI is InChI=1S/C18H23BrN2S/c1-2-16-8-9-17(22-16)18(14-4-6-15(19)7-5-14)21-12-3-10-20-11-13-21/h4-9,18,20H,2-3,10-13H2,1H3. The lowest BCUT2D eigenvalue weighted by Crippen LogP contribution is -2.32. The molecular formula is C18H23BrN2S. The van der Waals surface area contributed by atoms with Crippen LogP contribution >= 0.6 is 27.3 Å². The van der Waals surface area contributed by atoms with Gasteiger partial charge in [-0.1, -0.05) is 35.0 Å². The maximum atomic E-state index is 3.55. The van der Waals surface area contributed by atoms with E-state index in [1.54, 1.807) is 0 Å². The van der Waals surface area contributed by atoms with Crippen molar-refractivity contribution in [3.05, 3.63) is 56.2 Å². The Balaban J connectivity index is 1.94. The molecule has 0 spiro atoms. The van der Waals surface area contributed by atoms with Crippen molar-refractivity contribution in [2.75, 3.05) is 26.2 Å². The molecule has 1 saturated heterocycles. The molecule has 1 N–H and O–H groups in total. The van der Waals surface area contributed by atoms with Crippen LogP contribution in [0.15, 0.2) is 40.9 Å². The molecule has 1 aromatic heterocycles. The number of hydrogen-bond acceptors (Lipinski definition) is 3. The number of aryl methyl sites for hydroxylation is 1. The Bertz CT molecular complexity index is 585. The summed E-state index contributed by atoms with van der Waals surface area (Å²) in [6.45, 7) is 6.72. The number of nitrogens with one attached hydrogen (secondary N) is 1. The Morgan fingerprint density at radius 1 is 1.14 bits per heavy atom. The van der Waals surface area contributed by atoms with E-state index in [9.17, 15) is 0 Å². The zero-order chi connectivity index (χ0) is 15.4. The van der Waals surface area contributed by atoms with Crippen LogP contribution in [0.25, 0.3) is 0 Å². The first-order valence-corrected chi connectivity index (χ1v) is 9.67. The third-order valence-corrected chi connectivity index (χ3v) is 6.04. The van der Waals surface area contributed by atoms with Gasteiger partial charge in [0.25, 0.3) is 0 Å². The van der Waals surface area contributed by atoms with Crippen LogP contribution in [0.4, 0.5) is 0 Å². The third kappa shape index (κ3) is 3.80. The van der Waals surface area contributed by atoms with E-state index in [1.807, 2.05) is 11.3 Å². The minimum Gasteiger partial charge on any atom is -0.315 e. The summed E-state index contributed by atoms with van der Waals surface area (Å²) in [6, 6.07) is 13.9. The van der Waals surface area contributed by atoms with Gasteiger partial charge in [-0.05, 0) is 49.2 Å². The third-order valence-electron chi connectivity index (χ3n) is 4.23. The summed E-state index contributed by atoms with van der Waals surface area (Å²) in [6.07, 6.45) is 2.35. The molecular weight excluding hydrogens is 356 g/mol. The summed E-state index contributed by atoms with van der Waals surface area (Å²) >= 11 is 5.52. The van der Waals surface area contributed by atoms with Crippen molar-refractivity contribution in [1.82, 2.24) is 10.2 Å². The van der Waals surface area contributed by atoms with Gasteiger partial charge in [0.15, 0.2) is 0 Å². The monoisotopic (exact) mass is 378 g/mol. The Kier molecular flexibility index (Phi) is 5.69. The van der Waals surface area contributed by atoms with Crippen LogP contribution in [0.3, 0.4) is 0 Å². The predicted molar refractivity (Wildman–Crippen MR) is 98.7 cm³/mol. The maximum Gasteiger partial charge on any atom is 0.0696 e. The fourth-order valence-electron chi connectivity index (χ4n) is 3.06. The van der Waals surface area contributed by atoms with Gasteiger partial charge in [0.2, 0.25) is 0 Å². The first-order chi connectivity index (χ1) is 10.8. The smallest absolute Gasteiger partial charge is 0.0696 e. The molecule has 2 aromatic rings. The average Bonchev–Trinajstić information content (AvgIpc) is 2.84. The second-order valence-electron chi connectivity index (χ2n) is 5.75. The molecule has 0 saturated carbocycles. The first-order valence-electron chi connectivity index (χ1n) is 8.07. The maximum absolute atomic E-state index is 3.55. The molecule has 0 aliphatic carbocycles. The van der Waals surface area contributed by atoms with E-state index in [2.05, 4.69) is 69.5 Å². The zero-order valence-electron chi connectivity index (χ0n) is 13.0. The number of benzene rings is 1. The lowest BCUT2D eigenvalue weighted by Gasteiger charge is -2.30. The molecule has 1 fully saturated rings. The van der Waals surface area contributed by atoms with Crippen LogP contribution in [0.5, 0.6) is 0 Å². The summed E-state index contributed by atoms with van der Waals surface area (Å²) in [4.78, 5) is 5.58. The molecule has 2 heterocycles. The largest absolute Gasteiger partial charge is 0.315 e. The molecule has 22 heavy (non-hydrogen) atoms. The summed E-state index contributed by atoms with van der Waals surface area (Å²) in [5, 5.41) is 3.51. The summed E-state index contributed by atoms with van der Waals surface area (Å²) < 4.78 is 1.15. The Hall–Kier alpha value is -0.680. The molecule has 0 amide bonds. The quantitative estimate of drug-likeness (QED) is 0.844. The van der Waals surface area contributed by atoms with E-state index in [1.165, 1.54) is 21.7 Å². The molecule has 1 unspecified atom stereocenters. The molecule has 2 nitrogen and oxygen atoms in total. The molecule has 3 rings (SSSR count). The summed E-state index contributed by atoms with van der Waals surface area (Å²) in [5.74, 6) is 0. The van der Waals surface area contributed by atoms with Crippen molar-refractivity contribution in [3.8, 4) is 0 Å². The van der Waals surface area contributed by atoms with Crippen molar-refractivity contribution in [3.63, 3.8) is 0 Å². The lowest BCUT2D eigenvalue weighted by molar-refractivity contribution is 0.244. The van der Waals surface area contributed by atoms with E-state index < -0.39 is 0 Å². The van der Waals surface area contributed by atoms with Gasteiger partial charge in [-0.15, -0.1) is 11.3 Å². The van der Waals surface area contributed by atoms with Gasteiger partial charge in [0.1, 0.15) is 0 Å². The molecule has 1 atom stereocenters. The van der Waals surface area contributed by atoms with E-state index in [4.69, 9.17) is 0 Å². The fraction of sp³-hybridized carbons (Fsp3) is 0.444. The normalized spacial score (nSPS) is 18.1. The topological polar surface area (TPSA) is 15.3 Å².